The van der Waals surface area contributed by atoms with Crippen LogP contribution in [-0.4, -0.2) is 15.5 Å². The van der Waals surface area contributed by atoms with Gasteiger partial charge in [-0.05, 0) is 36.8 Å². The largest absolute Gasteiger partial charge is 0.354 e. The average Bonchev–Trinajstić information content (AvgIpc) is 2.79. The van der Waals surface area contributed by atoms with E-state index in [1.165, 1.54) is 0 Å². The van der Waals surface area contributed by atoms with Crippen LogP contribution >= 0.6 is 0 Å². The van der Waals surface area contributed by atoms with Gasteiger partial charge < -0.3 is 9.88 Å². The van der Waals surface area contributed by atoms with Crippen LogP contribution < -0.4 is 5.32 Å². The molecule has 0 unspecified atom stereocenters. The quantitative estimate of drug-likeness (QED) is 0.873. The molecular weight excluding hydrogens is 214 g/mol. The topological polar surface area (TPSA) is 46.9 Å². The Balaban J connectivity index is 1.85. The first kappa shape index (κ1) is 11.4. The van der Waals surface area contributed by atoms with Crippen molar-refractivity contribution in [1.29, 1.82) is 0 Å². The zero-order valence-electron chi connectivity index (χ0n) is 9.76. The molecular formula is C13H15N3O. The van der Waals surface area contributed by atoms with Crippen LogP contribution in [0.15, 0.2) is 42.9 Å². The number of rotatable bonds is 4. The Kier molecular flexibility index (Phi) is 3.55. The van der Waals surface area contributed by atoms with E-state index < -0.39 is 0 Å². The minimum atomic E-state index is -0.0169. The molecule has 0 spiro atoms. The molecule has 2 aromatic rings. The van der Waals surface area contributed by atoms with Crippen molar-refractivity contribution in [3.63, 3.8) is 0 Å². The maximum absolute atomic E-state index is 11.7. The molecule has 0 saturated heterocycles. The van der Waals surface area contributed by atoms with Crippen molar-refractivity contribution in [3.05, 3.63) is 48.4 Å². The first-order chi connectivity index (χ1) is 8.24. The van der Waals surface area contributed by atoms with Gasteiger partial charge in [0.1, 0.15) is 5.82 Å². The SMILES string of the molecule is Cc1ccnc(NC(=O)CCn2cccc2)c1. The normalized spacial score (nSPS) is 10.2. The number of hydrogen-bond acceptors (Lipinski definition) is 2. The fourth-order valence-corrected chi connectivity index (χ4v) is 1.56. The van der Waals surface area contributed by atoms with Crippen LogP contribution in [0.1, 0.15) is 12.0 Å². The van der Waals surface area contributed by atoms with Gasteiger partial charge in [-0.3, -0.25) is 4.79 Å². The lowest BCUT2D eigenvalue weighted by atomic mass is 10.3. The van der Waals surface area contributed by atoms with E-state index in [2.05, 4.69) is 10.3 Å². The smallest absolute Gasteiger partial charge is 0.227 e. The summed E-state index contributed by atoms with van der Waals surface area (Å²) in [5, 5.41) is 2.78. The number of carbonyl (C=O) groups excluding carboxylic acids is 1. The molecule has 2 rings (SSSR count). The van der Waals surface area contributed by atoms with Gasteiger partial charge in [0.2, 0.25) is 5.91 Å². The second kappa shape index (κ2) is 5.30. The molecule has 0 radical (unpaired) electrons. The molecule has 0 fully saturated rings. The highest BCUT2D eigenvalue weighted by Gasteiger charge is 2.03. The minimum Gasteiger partial charge on any atom is -0.354 e. The summed E-state index contributed by atoms with van der Waals surface area (Å²) in [6.07, 6.45) is 6.03. The average molecular weight is 229 g/mol. The first-order valence-corrected chi connectivity index (χ1v) is 5.57. The molecule has 1 amide bonds. The number of anilines is 1. The Labute approximate surface area is 100 Å². The number of nitrogens with one attached hydrogen (secondary N) is 1. The highest BCUT2D eigenvalue weighted by Crippen LogP contribution is 2.06. The van der Waals surface area contributed by atoms with Crippen LogP contribution in [0.2, 0.25) is 0 Å². The van der Waals surface area contributed by atoms with Crippen molar-refractivity contribution in [2.75, 3.05) is 5.32 Å². The molecule has 17 heavy (non-hydrogen) atoms. The van der Waals surface area contributed by atoms with E-state index in [0.29, 0.717) is 18.8 Å². The summed E-state index contributed by atoms with van der Waals surface area (Å²) in [5.41, 5.74) is 1.08. The summed E-state index contributed by atoms with van der Waals surface area (Å²) < 4.78 is 1.98. The molecule has 88 valence electrons. The molecule has 0 bridgehead atoms. The standard InChI is InChI=1S/C13H15N3O/c1-11-4-6-14-12(10-11)15-13(17)5-9-16-7-2-3-8-16/h2-4,6-8,10H,5,9H2,1H3,(H,14,15,17). The van der Waals surface area contributed by atoms with Crippen molar-refractivity contribution >= 4 is 11.7 Å². The second-order valence-corrected chi connectivity index (χ2v) is 3.94. The third-order valence-corrected chi connectivity index (χ3v) is 2.45. The van der Waals surface area contributed by atoms with Crippen molar-refractivity contribution < 1.29 is 4.79 Å². The van der Waals surface area contributed by atoms with Gasteiger partial charge in [0.15, 0.2) is 0 Å². The third-order valence-electron chi connectivity index (χ3n) is 2.45. The van der Waals surface area contributed by atoms with Crippen LogP contribution in [0.3, 0.4) is 0 Å². The van der Waals surface area contributed by atoms with Gasteiger partial charge in [0.25, 0.3) is 0 Å². The van der Waals surface area contributed by atoms with Gasteiger partial charge in [0, 0.05) is 31.6 Å². The number of nitrogens with zero attached hydrogens (tertiary/aromatic N) is 2. The van der Waals surface area contributed by atoms with Gasteiger partial charge in [-0.1, -0.05) is 0 Å². The number of aryl methyl sites for hydroxylation is 2. The Morgan fingerprint density at radius 3 is 2.88 bits per heavy atom. The van der Waals surface area contributed by atoms with E-state index in [4.69, 9.17) is 0 Å². The summed E-state index contributed by atoms with van der Waals surface area (Å²) >= 11 is 0. The monoisotopic (exact) mass is 229 g/mol. The fraction of sp³-hybridized carbons (Fsp3) is 0.231. The summed E-state index contributed by atoms with van der Waals surface area (Å²) in [6, 6.07) is 7.64. The van der Waals surface area contributed by atoms with Crippen molar-refractivity contribution in [1.82, 2.24) is 9.55 Å². The van der Waals surface area contributed by atoms with E-state index in [-0.39, 0.29) is 5.91 Å². The first-order valence-electron chi connectivity index (χ1n) is 5.57. The van der Waals surface area contributed by atoms with Gasteiger partial charge in [0.05, 0.1) is 0 Å². The molecule has 4 nitrogen and oxygen atoms in total. The zero-order valence-corrected chi connectivity index (χ0v) is 9.76. The summed E-state index contributed by atoms with van der Waals surface area (Å²) in [5.74, 6) is 0.597. The fourth-order valence-electron chi connectivity index (χ4n) is 1.56. The van der Waals surface area contributed by atoms with E-state index in [1.807, 2.05) is 48.1 Å². The zero-order chi connectivity index (χ0) is 12.1. The van der Waals surface area contributed by atoms with E-state index in [9.17, 15) is 4.79 Å². The second-order valence-electron chi connectivity index (χ2n) is 3.94. The molecule has 0 atom stereocenters. The van der Waals surface area contributed by atoms with Crippen molar-refractivity contribution in [2.24, 2.45) is 0 Å². The number of aromatic nitrogens is 2. The Hall–Kier alpha value is -2.10. The van der Waals surface area contributed by atoms with Crippen LogP contribution in [0.5, 0.6) is 0 Å². The van der Waals surface area contributed by atoms with Gasteiger partial charge >= 0.3 is 0 Å². The van der Waals surface area contributed by atoms with Gasteiger partial charge in [-0.25, -0.2) is 4.98 Å². The van der Waals surface area contributed by atoms with Crippen LogP contribution in [0, 0.1) is 6.92 Å². The summed E-state index contributed by atoms with van der Waals surface area (Å²) in [7, 11) is 0. The molecule has 2 heterocycles. The summed E-state index contributed by atoms with van der Waals surface area (Å²) in [4.78, 5) is 15.7. The Morgan fingerprint density at radius 1 is 1.41 bits per heavy atom. The van der Waals surface area contributed by atoms with Crippen LogP contribution in [-0.2, 0) is 11.3 Å². The molecule has 0 saturated carbocycles. The van der Waals surface area contributed by atoms with E-state index in [1.54, 1.807) is 6.20 Å². The van der Waals surface area contributed by atoms with E-state index in [0.717, 1.165) is 5.56 Å². The lowest BCUT2D eigenvalue weighted by molar-refractivity contribution is -0.116. The molecule has 1 N–H and O–H groups in total. The predicted molar refractivity (Wildman–Crippen MR) is 66.7 cm³/mol. The van der Waals surface area contributed by atoms with Gasteiger partial charge in [-0.2, -0.15) is 0 Å². The highest BCUT2D eigenvalue weighted by atomic mass is 16.1. The number of amides is 1. The van der Waals surface area contributed by atoms with Gasteiger partial charge in [-0.15, -0.1) is 0 Å². The highest BCUT2D eigenvalue weighted by molar-refractivity contribution is 5.89. The predicted octanol–water partition coefficient (Wildman–Crippen LogP) is 2.22. The third kappa shape index (κ3) is 3.45. The number of hydrogen-bond donors (Lipinski definition) is 1. The molecule has 0 aliphatic carbocycles. The minimum absolute atomic E-state index is 0.0169. The van der Waals surface area contributed by atoms with Crippen LogP contribution in [0.4, 0.5) is 5.82 Å². The Bertz CT molecular complexity index is 491. The lowest BCUT2D eigenvalue weighted by Crippen LogP contribution is -2.14. The van der Waals surface area contributed by atoms with Crippen molar-refractivity contribution in [3.8, 4) is 0 Å². The maximum atomic E-state index is 11.7. The Morgan fingerprint density at radius 2 is 2.18 bits per heavy atom. The molecule has 2 aromatic heterocycles. The molecule has 0 aliphatic heterocycles. The van der Waals surface area contributed by atoms with Crippen LogP contribution in [0.25, 0.3) is 0 Å². The van der Waals surface area contributed by atoms with E-state index >= 15 is 0 Å². The van der Waals surface area contributed by atoms with Crippen molar-refractivity contribution in [2.45, 2.75) is 19.9 Å². The molecule has 4 heteroatoms. The summed E-state index contributed by atoms with van der Waals surface area (Å²) in [6.45, 7) is 2.65. The maximum Gasteiger partial charge on any atom is 0.227 e. The number of pyridine rings is 1. The molecule has 0 aliphatic rings. The number of carbonyl (C=O) groups is 1. The molecule has 0 aromatic carbocycles. The lowest BCUT2D eigenvalue weighted by Gasteiger charge is -2.05.